The van der Waals surface area contributed by atoms with Gasteiger partial charge in [-0.3, -0.25) is 14.2 Å². The minimum absolute atomic E-state index is 0.0328. The molecule has 0 atom stereocenters. The van der Waals surface area contributed by atoms with E-state index in [2.05, 4.69) is 0 Å². The average molecular weight is 487 g/mol. The van der Waals surface area contributed by atoms with Gasteiger partial charge in [0, 0.05) is 60.7 Å². The van der Waals surface area contributed by atoms with Gasteiger partial charge in [-0.15, -0.1) is 0 Å². The van der Waals surface area contributed by atoms with E-state index in [1.165, 1.54) is 22.8 Å². The van der Waals surface area contributed by atoms with Crippen molar-refractivity contribution in [1.29, 1.82) is 0 Å². The first kappa shape index (κ1) is 23.1. The van der Waals surface area contributed by atoms with Gasteiger partial charge in [0.1, 0.15) is 11.9 Å². The van der Waals surface area contributed by atoms with Crippen LogP contribution < -0.4 is 10.3 Å². The Labute approximate surface area is 197 Å². The highest BCUT2D eigenvalue weighted by Crippen LogP contribution is 2.21. The Kier molecular flexibility index (Phi) is 6.58. The number of hydrogen-bond donors (Lipinski definition) is 0. The zero-order valence-corrected chi connectivity index (χ0v) is 19.6. The van der Waals surface area contributed by atoms with Crippen molar-refractivity contribution in [3.63, 3.8) is 0 Å². The third kappa shape index (κ3) is 5.46. The second kappa shape index (κ2) is 9.41. The van der Waals surface area contributed by atoms with Crippen molar-refractivity contribution in [3.8, 4) is 11.4 Å². The molecule has 2 heterocycles. The molecule has 7 nitrogen and oxygen atoms in total. The molecule has 0 unspecified atom stereocenters. The summed E-state index contributed by atoms with van der Waals surface area (Å²) in [6.07, 6.45) is 3.97. The lowest BCUT2D eigenvalue weighted by atomic mass is 10.1. The number of carbonyl (C=O) groups is 1. The summed E-state index contributed by atoms with van der Waals surface area (Å²) in [6, 6.07) is 16.1. The van der Waals surface area contributed by atoms with Crippen molar-refractivity contribution in [2.24, 2.45) is 0 Å². The van der Waals surface area contributed by atoms with Crippen molar-refractivity contribution in [3.05, 3.63) is 87.8 Å². The Morgan fingerprint density at radius 3 is 2.21 bits per heavy atom. The molecule has 1 saturated heterocycles. The lowest BCUT2D eigenvalue weighted by molar-refractivity contribution is 0.0595. The lowest BCUT2D eigenvalue weighted by Gasteiger charge is -2.32. The van der Waals surface area contributed by atoms with E-state index in [9.17, 15) is 18.0 Å². The van der Waals surface area contributed by atoms with Crippen LogP contribution in [0, 0.1) is 0 Å². The maximum absolute atomic E-state index is 12.6. The second-order valence-electron chi connectivity index (χ2n) is 7.95. The van der Waals surface area contributed by atoms with Crippen LogP contribution in [0.15, 0.2) is 76.6 Å². The van der Waals surface area contributed by atoms with Crippen LogP contribution in [0.2, 0.25) is 5.02 Å². The Bertz CT molecular complexity index is 1310. The Hall–Kier alpha value is -3.10. The van der Waals surface area contributed by atoms with Gasteiger partial charge >= 0.3 is 0 Å². The monoisotopic (exact) mass is 486 g/mol. The first-order valence-electron chi connectivity index (χ1n) is 10.5. The van der Waals surface area contributed by atoms with E-state index < -0.39 is 9.84 Å². The maximum Gasteiger partial charge on any atom is 0.258 e. The number of piperidine rings is 1. The predicted molar refractivity (Wildman–Crippen MR) is 126 cm³/mol. The summed E-state index contributed by atoms with van der Waals surface area (Å²) in [5.74, 6) is 0.432. The van der Waals surface area contributed by atoms with Crippen LogP contribution in [0.1, 0.15) is 23.2 Å². The Morgan fingerprint density at radius 2 is 1.64 bits per heavy atom. The third-order valence-electron chi connectivity index (χ3n) is 5.56. The largest absolute Gasteiger partial charge is 0.490 e. The van der Waals surface area contributed by atoms with Gasteiger partial charge in [0.05, 0.1) is 4.90 Å². The van der Waals surface area contributed by atoms with Gasteiger partial charge in [0.2, 0.25) is 0 Å². The standard InChI is InChI=1S/C24H23ClN2O5S/c1-33(30,31)22-8-6-19(7-9-22)27-15-12-21(16-23(27)28)32-20-10-13-26(14-11-20)24(29)17-2-4-18(25)5-3-17/h2-9,12,15-16,20H,10-11,13-14H2,1H3. The summed E-state index contributed by atoms with van der Waals surface area (Å²) in [4.78, 5) is 27.2. The molecule has 9 heteroatoms. The molecule has 1 aliphatic rings. The van der Waals surface area contributed by atoms with Crippen molar-refractivity contribution in [2.45, 2.75) is 23.8 Å². The highest BCUT2D eigenvalue weighted by molar-refractivity contribution is 7.90. The third-order valence-corrected chi connectivity index (χ3v) is 6.94. The molecule has 3 aromatic rings. The summed E-state index contributed by atoms with van der Waals surface area (Å²) in [5.41, 5.74) is 0.884. The van der Waals surface area contributed by atoms with Gasteiger partial charge in [0.15, 0.2) is 9.84 Å². The molecule has 33 heavy (non-hydrogen) atoms. The Morgan fingerprint density at radius 1 is 1.00 bits per heavy atom. The van der Waals surface area contributed by atoms with E-state index in [-0.39, 0.29) is 22.5 Å². The fourth-order valence-corrected chi connectivity index (χ4v) is 4.50. The molecule has 172 valence electrons. The number of nitrogens with zero attached hydrogens (tertiary/aromatic N) is 2. The van der Waals surface area contributed by atoms with Crippen LogP contribution in [0.4, 0.5) is 0 Å². The number of sulfone groups is 1. The summed E-state index contributed by atoms with van der Waals surface area (Å²) in [5, 5.41) is 0.589. The molecule has 1 aromatic heterocycles. The molecule has 0 saturated carbocycles. The number of carbonyl (C=O) groups excluding carboxylic acids is 1. The number of ether oxygens (including phenoxy) is 1. The van der Waals surface area contributed by atoms with E-state index in [0.717, 1.165) is 6.26 Å². The molecule has 0 aliphatic carbocycles. The summed E-state index contributed by atoms with van der Waals surface area (Å²) in [6.45, 7) is 1.13. The molecule has 1 amide bonds. The number of hydrogen-bond acceptors (Lipinski definition) is 5. The lowest BCUT2D eigenvalue weighted by Crippen LogP contribution is -2.41. The van der Waals surface area contributed by atoms with E-state index in [1.807, 2.05) is 0 Å². The Balaban J connectivity index is 1.37. The van der Waals surface area contributed by atoms with Crippen molar-refractivity contribution in [1.82, 2.24) is 9.47 Å². The van der Waals surface area contributed by atoms with Crippen LogP contribution in [0.25, 0.3) is 5.69 Å². The first-order chi connectivity index (χ1) is 15.7. The molecule has 0 N–H and O–H groups in total. The highest BCUT2D eigenvalue weighted by atomic mass is 35.5. The summed E-state index contributed by atoms with van der Waals surface area (Å²) in [7, 11) is -3.30. The van der Waals surface area contributed by atoms with Crippen LogP contribution >= 0.6 is 11.6 Å². The zero-order chi connectivity index (χ0) is 23.6. The highest BCUT2D eigenvalue weighted by Gasteiger charge is 2.25. The molecule has 0 bridgehead atoms. The summed E-state index contributed by atoms with van der Waals surface area (Å²) >= 11 is 5.89. The van der Waals surface area contributed by atoms with Crippen molar-refractivity contribution < 1.29 is 17.9 Å². The van der Waals surface area contributed by atoms with Crippen LogP contribution in [-0.2, 0) is 9.84 Å². The molecule has 0 radical (unpaired) electrons. The number of benzene rings is 2. The van der Waals surface area contributed by atoms with Crippen LogP contribution in [0.5, 0.6) is 5.75 Å². The topological polar surface area (TPSA) is 85.7 Å². The smallest absolute Gasteiger partial charge is 0.258 e. The van der Waals surface area contributed by atoms with Crippen molar-refractivity contribution in [2.75, 3.05) is 19.3 Å². The number of pyridine rings is 1. The van der Waals surface area contributed by atoms with Gasteiger partial charge in [0.25, 0.3) is 11.5 Å². The van der Waals surface area contributed by atoms with E-state index in [4.69, 9.17) is 16.3 Å². The predicted octanol–water partition coefficient (Wildman–Crippen LogP) is 3.58. The molecule has 0 spiro atoms. The molecular formula is C24H23ClN2O5S. The number of aromatic nitrogens is 1. The van der Waals surface area contributed by atoms with Gasteiger partial charge in [-0.2, -0.15) is 0 Å². The fraction of sp³-hybridized carbons (Fsp3) is 0.250. The SMILES string of the molecule is CS(=O)(=O)c1ccc(-n2ccc(OC3CCN(C(=O)c4ccc(Cl)cc4)CC3)cc2=O)cc1. The molecule has 1 aliphatic heterocycles. The van der Waals surface area contributed by atoms with Crippen LogP contribution in [0.3, 0.4) is 0 Å². The van der Waals surface area contributed by atoms with E-state index >= 15 is 0 Å². The van der Waals surface area contributed by atoms with Crippen molar-refractivity contribution >= 4 is 27.3 Å². The molecular weight excluding hydrogens is 464 g/mol. The van der Waals surface area contributed by atoms with E-state index in [0.29, 0.717) is 48.0 Å². The summed E-state index contributed by atoms with van der Waals surface area (Å²) < 4.78 is 30.6. The van der Waals surface area contributed by atoms with Gasteiger partial charge < -0.3 is 9.64 Å². The minimum atomic E-state index is -3.30. The number of rotatable bonds is 5. The minimum Gasteiger partial charge on any atom is -0.490 e. The quantitative estimate of drug-likeness (QED) is 0.550. The fourth-order valence-electron chi connectivity index (χ4n) is 3.75. The maximum atomic E-state index is 12.6. The van der Waals surface area contributed by atoms with E-state index in [1.54, 1.807) is 53.6 Å². The van der Waals surface area contributed by atoms with Gasteiger partial charge in [-0.1, -0.05) is 11.6 Å². The van der Waals surface area contributed by atoms with Gasteiger partial charge in [-0.25, -0.2) is 8.42 Å². The van der Waals surface area contributed by atoms with Gasteiger partial charge in [-0.05, 0) is 54.6 Å². The number of amides is 1. The molecule has 2 aromatic carbocycles. The molecule has 4 rings (SSSR count). The first-order valence-corrected chi connectivity index (χ1v) is 12.7. The molecule has 1 fully saturated rings. The average Bonchev–Trinajstić information content (AvgIpc) is 2.79. The number of halogens is 1. The number of likely N-dealkylation sites (tertiary alicyclic amines) is 1. The second-order valence-corrected chi connectivity index (χ2v) is 10.4. The van der Waals surface area contributed by atoms with Crippen LogP contribution in [-0.4, -0.2) is 49.2 Å². The zero-order valence-electron chi connectivity index (χ0n) is 18.0. The normalized spacial score (nSPS) is 14.8.